The van der Waals surface area contributed by atoms with Crippen LogP contribution in [0.4, 0.5) is 0 Å². The number of nitrogens with zero attached hydrogens (tertiary/aromatic N) is 3. The second-order valence-electron chi connectivity index (χ2n) is 7.02. The molecule has 27 heavy (non-hydrogen) atoms. The van der Waals surface area contributed by atoms with Gasteiger partial charge in [0.15, 0.2) is 5.76 Å². The Balaban J connectivity index is 1.74. The molecule has 3 aromatic rings. The van der Waals surface area contributed by atoms with Gasteiger partial charge < -0.3 is 9.42 Å². The summed E-state index contributed by atoms with van der Waals surface area (Å²) in [5, 5.41) is 4.12. The van der Waals surface area contributed by atoms with Gasteiger partial charge in [-0.05, 0) is 26.6 Å². The fraction of sp³-hybridized carbons (Fsp3) is 0.273. The Bertz CT molecular complexity index is 885. The highest BCUT2D eigenvalue weighted by molar-refractivity contribution is 5.83. The predicted molar refractivity (Wildman–Crippen MR) is 106 cm³/mol. The van der Waals surface area contributed by atoms with E-state index in [4.69, 9.17) is 4.52 Å². The largest absolute Gasteiger partial charge is 0.359 e. The molecule has 2 aromatic carbocycles. The Morgan fingerprint density at radius 3 is 2.33 bits per heavy atom. The molecule has 0 bridgehead atoms. The lowest BCUT2D eigenvalue weighted by Crippen LogP contribution is -2.38. The molecule has 0 saturated carbocycles. The molecule has 3 rings (SSSR count). The first kappa shape index (κ1) is 18.9. The SMILES string of the molecule is Cc1ccc([C@H](C(=O)N(C)Cc2cc(-c3ccccc3)no2)N(C)C)cc1. The van der Waals surface area contributed by atoms with E-state index >= 15 is 0 Å². The van der Waals surface area contributed by atoms with Crippen LogP contribution in [0.5, 0.6) is 0 Å². The van der Waals surface area contributed by atoms with Crippen molar-refractivity contribution in [2.24, 2.45) is 0 Å². The van der Waals surface area contributed by atoms with Gasteiger partial charge in [0.2, 0.25) is 5.91 Å². The fourth-order valence-electron chi connectivity index (χ4n) is 3.06. The molecule has 0 spiro atoms. The Labute approximate surface area is 160 Å². The molecule has 1 heterocycles. The molecule has 0 N–H and O–H groups in total. The number of carbonyl (C=O) groups excluding carboxylic acids is 1. The first-order valence-corrected chi connectivity index (χ1v) is 8.94. The third-order valence-corrected chi connectivity index (χ3v) is 4.54. The topological polar surface area (TPSA) is 49.6 Å². The molecule has 0 saturated heterocycles. The lowest BCUT2D eigenvalue weighted by Gasteiger charge is -2.28. The van der Waals surface area contributed by atoms with Crippen LogP contribution >= 0.6 is 0 Å². The number of hydrogen-bond acceptors (Lipinski definition) is 4. The number of carbonyl (C=O) groups is 1. The maximum atomic E-state index is 13.1. The molecule has 0 aliphatic carbocycles. The molecule has 1 atom stereocenters. The molecule has 0 aliphatic heterocycles. The average molecular weight is 363 g/mol. The summed E-state index contributed by atoms with van der Waals surface area (Å²) in [6.45, 7) is 2.41. The van der Waals surface area contributed by atoms with Crippen molar-refractivity contribution in [1.82, 2.24) is 15.0 Å². The van der Waals surface area contributed by atoms with Gasteiger partial charge in [-0.15, -0.1) is 0 Å². The Hall–Kier alpha value is -2.92. The molecule has 0 radical (unpaired) electrons. The van der Waals surface area contributed by atoms with Crippen LogP contribution in [0.15, 0.2) is 65.2 Å². The molecule has 5 heteroatoms. The van der Waals surface area contributed by atoms with Crippen molar-refractivity contribution in [3.8, 4) is 11.3 Å². The van der Waals surface area contributed by atoms with Crippen LogP contribution in [0.25, 0.3) is 11.3 Å². The molecule has 0 fully saturated rings. The number of rotatable bonds is 6. The van der Waals surface area contributed by atoms with E-state index in [0.29, 0.717) is 12.3 Å². The van der Waals surface area contributed by atoms with Gasteiger partial charge >= 0.3 is 0 Å². The van der Waals surface area contributed by atoms with Crippen molar-refractivity contribution in [2.75, 3.05) is 21.1 Å². The average Bonchev–Trinajstić information content (AvgIpc) is 3.12. The van der Waals surface area contributed by atoms with Gasteiger partial charge in [0.05, 0.1) is 6.54 Å². The fourth-order valence-corrected chi connectivity index (χ4v) is 3.06. The zero-order valence-corrected chi connectivity index (χ0v) is 16.2. The summed E-state index contributed by atoms with van der Waals surface area (Å²) >= 11 is 0. The van der Waals surface area contributed by atoms with E-state index in [9.17, 15) is 4.79 Å². The smallest absolute Gasteiger partial charge is 0.244 e. The lowest BCUT2D eigenvalue weighted by atomic mass is 10.0. The Kier molecular flexibility index (Phi) is 5.72. The van der Waals surface area contributed by atoms with Crippen molar-refractivity contribution in [2.45, 2.75) is 19.5 Å². The van der Waals surface area contributed by atoms with Gasteiger partial charge in [-0.2, -0.15) is 0 Å². The summed E-state index contributed by atoms with van der Waals surface area (Å²) in [7, 11) is 5.62. The summed E-state index contributed by atoms with van der Waals surface area (Å²) in [4.78, 5) is 16.7. The lowest BCUT2D eigenvalue weighted by molar-refractivity contribution is -0.135. The minimum Gasteiger partial charge on any atom is -0.359 e. The van der Waals surface area contributed by atoms with Gasteiger partial charge in [-0.1, -0.05) is 65.3 Å². The van der Waals surface area contributed by atoms with E-state index in [1.54, 1.807) is 11.9 Å². The van der Waals surface area contributed by atoms with Gasteiger partial charge in [0.1, 0.15) is 11.7 Å². The standard InChI is InChI=1S/C22H25N3O2/c1-16-10-12-18(13-11-16)21(24(2)3)22(26)25(4)15-19-14-20(23-27-19)17-8-6-5-7-9-17/h5-14,21H,15H2,1-4H3/t21-/m1/s1. The maximum absolute atomic E-state index is 13.1. The summed E-state index contributed by atoms with van der Waals surface area (Å²) in [6, 6.07) is 19.5. The first-order chi connectivity index (χ1) is 13.0. The summed E-state index contributed by atoms with van der Waals surface area (Å²) < 4.78 is 5.44. The quantitative estimate of drug-likeness (QED) is 0.666. The molecule has 1 amide bonds. The summed E-state index contributed by atoms with van der Waals surface area (Å²) in [5.41, 5.74) is 3.92. The predicted octanol–water partition coefficient (Wildman–Crippen LogP) is 3.91. The zero-order valence-electron chi connectivity index (χ0n) is 16.2. The number of aryl methyl sites for hydroxylation is 1. The maximum Gasteiger partial charge on any atom is 0.244 e. The van der Waals surface area contributed by atoms with Crippen LogP contribution < -0.4 is 0 Å². The van der Waals surface area contributed by atoms with Crippen LogP contribution in [0.1, 0.15) is 22.9 Å². The molecule has 1 aromatic heterocycles. The van der Waals surface area contributed by atoms with E-state index in [2.05, 4.69) is 5.16 Å². The Morgan fingerprint density at radius 1 is 1.04 bits per heavy atom. The highest BCUT2D eigenvalue weighted by Crippen LogP contribution is 2.23. The van der Waals surface area contributed by atoms with Crippen molar-refractivity contribution in [3.63, 3.8) is 0 Å². The van der Waals surface area contributed by atoms with E-state index in [0.717, 1.165) is 16.8 Å². The molecule has 0 unspecified atom stereocenters. The highest BCUT2D eigenvalue weighted by Gasteiger charge is 2.26. The van der Waals surface area contributed by atoms with E-state index in [-0.39, 0.29) is 11.9 Å². The van der Waals surface area contributed by atoms with Crippen molar-refractivity contribution >= 4 is 5.91 Å². The van der Waals surface area contributed by atoms with Crippen LogP contribution in [0.2, 0.25) is 0 Å². The second-order valence-corrected chi connectivity index (χ2v) is 7.02. The van der Waals surface area contributed by atoms with Crippen LogP contribution in [0, 0.1) is 6.92 Å². The van der Waals surface area contributed by atoms with Crippen LogP contribution in [0.3, 0.4) is 0 Å². The van der Waals surface area contributed by atoms with Crippen LogP contribution in [-0.4, -0.2) is 42.0 Å². The van der Waals surface area contributed by atoms with Gasteiger partial charge in [-0.25, -0.2) is 0 Å². The summed E-state index contributed by atoms with van der Waals surface area (Å²) in [5.74, 6) is 0.674. The molecule has 5 nitrogen and oxygen atoms in total. The van der Waals surface area contributed by atoms with Crippen molar-refractivity contribution in [1.29, 1.82) is 0 Å². The molecule has 0 aliphatic rings. The molecular weight excluding hydrogens is 338 g/mol. The van der Waals surface area contributed by atoms with E-state index in [1.165, 1.54) is 5.56 Å². The number of benzene rings is 2. The Morgan fingerprint density at radius 2 is 1.70 bits per heavy atom. The van der Waals surface area contributed by atoms with Gasteiger partial charge in [0.25, 0.3) is 0 Å². The van der Waals surface area contributed by atoms with E-state index in [1.807, 2.05) is 86.6 Å². The third-order valence-electron chi connectivity index (χ3n) is 4.54. The van der Waals surface area contributed by atoms with Crippen molar-refractivity contribution < 1.29 is 9.32 Å². The number of likely N-dealkylation sites (N-methyl/N-ethyl adjacent to an activating group) is 2. The molecular formula is C22H25N3O2. The zero-order chi connectivity index (χ0) is 19.4. The van der Waals surface area contributed by atoms with Crippen LogP contribution in [-0.2, 0) is 11.3 Å². The van der Waals surface area contributed by atoms with E-state index < -0.39 is 0 Å². The number of aromatic nitrogens is 1. The minimum atomic E-state index is -0.341. The molecule has 140 valence electrons. The monoisotopic (exact) mass is 363 g/mol. The highest BCUT2D eigenvalue weighted by atomic mass is 16.5. The summed E-state index contributed by atoms with van der Waals surface area (Å²) in [6.07, 6.45) is 0. The second kappa shape index (κ2) is 8.18. The van der Waals surface area contributed by atoms with Gasteiger partial charge in [-0.3, -0.25) is 9.69 Å². The normalized spacial score (nSPS) is 12.2. The number of hydrogen-bond donors (Lipinski definition) is 0. The van der Waals surface area contributed by atoms with Crippen molar-refractivity contribution in [3.05, 3.63) is 77.6 Å². The van der Waals surface area contributed by atoms with Gasteiger partial charge in [0, 0.05) is 18.7 Å². The minimum absolute atomic E-state index is 0.0153. The third kappa shape index (κ3) is 4.44. The number of amides is 1. The first-order valence-electron chi connectivity index (χ1n) is 8.94.